The molecule has 1 aromatic heterocycles. The van der Waals surface area contributed by atoms with Gasteiger partial charge in [0.1, 0.15) is 4.21 Å². The molecule has 0 radical (unpaired) electrons. The first-order valence-electron chi connectivity index (χ1n) is 6.68. The van der Waals surface area contributed by atoms with Crippen LogP contribution in [0.3, 0.4) is 0 Å². The van der Waals surface area contributed by atoms with E-state index in [1.54, 1.807) is 0 Å². The van der Waals surface area contributed by atoms with E-state index in [4.69, 9.17) is 5.84 Å². The summed E-state index contributed by atoms with van der Waals surface area (Å²) in [5.41, 5.74) is 1.83. The lowest BCUT2D eigenvalue weighted by molar-refractivity contribution is -0.383. The SMILES string of the molecule is NNc1sc(S(=O)(=O)NCC2CCCCC2)cc1[N+](=O)[O-]. The Hall–Kier alpha value is -1.23. The van der Waals surface area contributed by atoms with Gasteiger partial charge in [0.25, 0.3) is 0 Å². The largest absolute Gasteiger partial charge is 0.310 e. The van der Waals surface area contributed by atoms with Crippen molar-refractivity contribution in [1.82, 2.24) is 4.72 Å². The molecule has 0 unspecified atom stereocenters. The Labute approximate surface area is 126 Å². The van der Waals surface area contributed by atoms with Gasteiger partial charge < -0.3 is 5.43 Å². The summed E-state index contributed by atoms with van der Waals surface area (Å²) in [7, 11) is -3.74. The second-order valence-corrected chi connectivity index (χ2v) is 8.08. The number of hydrogen-bond acceptors (Lipinski definition) is 7. The summed E-state index contributed by atoms with van der Waals surface area (Å²) in [6.45, 7) is 0.374. The lowest BCUT2D eigenvalue weighted by Crippen LogP contribution is -2.29. The summed E-state index contributed by atoms with van der Waals surface area (Å²) in [5, 5.41) is 10.9. The molecule has 0 spiro atoms. The van der Waals surface area contributed by atoms with Crippen molar-refractivity contribution in [3.8, 4) is 0 Å². The molecule has 8 nitrogen and oxygen atoms in total. The van der Waals surface area contributed by atoms with Gasteiger partial charge in [-0.05, 0) is 18.8 Å². The molecule has 0 aliphatic heterocycles. The summed E-state index contributed by atoms with van der Waals surface area (Å²) in [6, 6.07) is 1.03. The van der Waals surface area contributed by atoms with E-state index in [0.717, 1.165) is 43.1 Å². The molecule has 2 rings (SSSR count). The molecule has 1 fully saturated rings. The number of nitro groups is 1. The number of sulfonamides is 1. The minimum absolute atomic E-state index is 0.0260. The van der Waals surface area contributed by atoms with E-state index in [1.807, 2.05) is 0 Å². The van der Waals surface area contributed by atoms with E-state index in [2.05, 4.69) is 10.1 Å². The standard InChI is InChI=1S/C11H18N4O4S2/c12-14-11-9(15(16)17)6-10(20-11)21(18,19)13-7-8-4-2-1-3-5-8/h6,8,13-14H,1-5,7,12H2. The Bertz CT molecular complexity index is 608. The van der Waals surface area contributed by atoms with Crippen molar-refractivity contribution in [3.63, 3.8) is 0 Å². The number of nitrogens with one attached hydrogen (secondary N) is 2. The molecule has 1 aliphatic carbocycles. The number of nitrogens with two attached hydrogens (primary N) is 1. The average molecular weight is 334 g/mol. The molecule has 0 amide bonds. The maximum atomic E-state index is 12.2. The highest BCUT2D eigenvalue weighted by Crippen LogP contribution is 2.36. The van der Waals surface area contributed by atoms with E-state index in [1.165, 1.54) is 6.42 Å². The van der Waals surface area contributed by atoms with Gasteiger partial charge in [-0.15, -0.1) is 0 Å². The maximum absolute atomic E-state index is 12.2. The number of hydrogen-bond donors (Lipinski definition) is 3. The van der Waals surface area contributed by atoms with Crippen LogP contribution in [-0.4, -0.2) is 19.9 Å². The third kappa shape index (κ3) is 3.90. The first-order chi connectivity index (χ1) is 9.94. The lowest BCUT2D eigenvalue weighted by atomic mass is 9.90. The summed E-state index contributed by atoms with van der Waals surface area (Å²) in [4.78, 5) is 10.2. The smallest absolute Gasteiger partial charge is 0.306 e. The molecule has 1 heterocycles. The molecule has 118 valence electrons. The van der Waals surface area contributed by atoms with Crippen molar-refractivity contribution in [2.45, 2.75) is 36.3 Å². The van der Waals surface area contributed by atoms with Gasteiger partial charge in [-0.1, -0.05) is 30.6 Å². The zero-order valence-corrected chi connectivity index (χ0v) is 13.0. The Morgan fingerprint density at radius 1 is 1.38 bits per heavy atom. The van der Waals surface area contributed by atoms with E-state index in [9.17, 15) is 18.5 Å². The zero-order valence-electron chi connectivity index (χ0n) is 11.4. The fraction of sp³-hybridized carbons (Fsp3) is 0.636. The van der Waals surface area contributed by atoms with Crippen molar-refractivity contribution in [2.24, 2.45) is 11.8 Å². The summed E-state index contributed by atoms with van der Waals surface area (Å²) in [5.74, 6) is 5.52. The molecular weight excluding hydrogens is 316 g/mol. The van der Waals surface area contributed by atoms with Crippen LogP contribution in [0.25, 0.3) is 0 Å². The van der Waals surface area contributed by atoms with Crippen molar-refractivity contribution < 1.29 is 13.3 Å². The number of nitrogen functional groups attached to an aromatic ring is 1. The fourth-order valence-corrected chi connectivity index (χ4v) is 4.82. The normalized spacial score (nSPS) is 16.8. The minimum atomic E-state index is -3.74. The molecule has 1 saturated carbocycles. The minimum Gasteiger partial charge on any atom is -0.310 e. The monoisotopic (exact) mass is 334 g/mol. The number of anilines is 1. The predicted molar refractivity (Wildman–Crippen MR) is 80.5 cm³/mol. The number of nitrogens with zero attached hydrogens (tertiary/aromatic N) is 1. The van der Waals surface area contributed by atoms with E-state index >= 15 is 0 Å². The maximum Gasteiger partial charge on any atom is 0.306 e. The predicted octanol–water partition coefficient (Wildman–Crippen LogP) is 1.80. The van der Waals surface area contributed by atoms with Crippen molar-refractivity contribution in [1.29, 1.82) is 0 Å². The van der Waals surface area contributed by atoms with Crippen LogP contribution in [0.1, 0.15) is 32.1 Å². The second-order valence-electron chi connectivity index (χ2n) is 5.04. The lowest BCUT2D eigenvalue weighted by Gasteiger charge is -2.21. The first-order valence-corrected chi connectivity index (χ1v) is 8.98. The molecule has 1 aromatic rings. The quantitative estimate of drug-likeness (QED) is 0.413. The van der Waals surface area contributed by atoms with Gasteiger partial charge in [-0.25, -0.2) is 19.0 Å². The molecular formula is C11H18N4O4S2. The summed E-state index contributed by atoms with van der Waals surface area (Å²) >= 11 is 0.753. The fourth-order valence-electron chi connectivity index (χ4n) is 2.42. The van der Waals surface area contributed by atoms with Gasteiger partial charge in [-0.2, -0.15) is 0 Å². The topological polar surface area (TPSA) is 127 Å². The van der Waals surface area contributed by atoms with Gasteiger partial charge >= 0.3 is 5.69 Å². The Morgan fingerprint density at radius 3 is 2.57 bits per heavy atom. The Morgan fingerprint density at radius 2 is 2.05 bits per heavy atom. The molecule has 4 N–H and O–H groups in total. The molecule has 0 saturated heterocycles. The zero-order chi connectivity index (χ0) is 15.5. The average Bonchev–Trinajstić information content (AvgIpc) is 2.92. The van der Waals surface area contributed by atoms with E-state index < -0.39 is 14.9 Å². The molecule has 0 atom stereocenters. The van der Waals surface area contributed by atoms with Crippen LogP contribution < -0.4 is 16.0 Å². The van der Waals surface area contributed by atoms with Gasteiger partial charge in [-0.3, -0.25) is 10.1 Å². The Balaban J connectivity index is 2.09. The van der Waals surface area contributed by atoms with Crippen LogP contribution in [0.2, 0.25) is 0 Å². The van der Waals surface area contributed by atoms with Gasteiger partial charge in [0.15, 0.2) is 5.00 Å². The highest BCUT2D eigenvalue weighted by atomic mass is 32.2. The van der Waals surface area contributed by atoms with Crippen molar-refractivity contribution in [2.75, 3.05) is 12.0 Å². The molecule has 0 aromatic carbocycles. The van der Waals surface area contributed by atoms with Crippen LogP contribution in [0.5, 0.6) is 0 Å². The van der Waals surface area contributed by atoms with Crippen LogP contribution in [0, 0.1) is 16.0 Å². The van der Waals surface area contributed by atoms with Gasteiger partial charge in [0.2, 0.25) is 10.0 Å². The van der Waals surface area contributed by atoms with Crippen LogP contribution in [0.4, 0.5) is 10.7 Å². The van der Waals surface area contributed by atoms with Crippen LogP contribution >= 0.6 is 11.3 Å². The third-order valence-corrected chi connectivity index (χ3v) is 6.52. The summed E-state index contributed by atoms with van der Waals surface area (Å²) < 4.78 is 26.8. The summed E-state index contributed by atoms with van der Waals surface area (Å²) in [6.07, 6.45) is 5.48. The van der Waals surface area contributed by atoms with E-state index in [0.29, 0.717) is 12.5 Å². The van der Waals surface area contributed by atoms with E-state index in [-0.39, 0.29) is 14.9 Å². The third-order valence-electron chi connectivity index (χ3n) is 3.57. The highest BCUT2D eigenvalue weighted by molar-refractivity contribution is 7.91. The molecule has 21 heavy (non-hydrogen) atoms. The van der Waals surface area contributed by atoms with Crippen molar-refractivity contribution >= 4 is 32.0 Å². The molecule has 1 aliphatic rings. The second kappa shape index (κ2) is 6.69. The molecule has 0 bridgehead atoms. The van der Waals surface area contributed by atoms with Gasteiger partial charge in [0, 0.05) is 12.6 Å². The van der Waals surface area contributed by atoms with Crippen LogP contribution in [-0.2, 0) is 10.0 Å². The first kappa shape index (κ1) is 16.1. The van der Waals surface area contributed by atoms with Crippen molar-refractivity contribution in [3.05, 3.63) is 16.2 Å². The van der Waals surface area contributed by atoms with Crippen LogP contribution in [0.15, 0.2) is 10.3 Å². The number of rotatable bonds is 6. The molecule has 10 heteroatoms. The Kier molecular flexibility index (Phi) is 5.14. The highest BCUT2D eigenvalue weighted by Gasteiger charge is 2.26. The number of hydrazine groups is 1. The van der Waals surface area contributed by atoms with Gasteiger partial charge in [0.05, 0.1) is 4.92 Å². The number of thiophene rings is 1.